The summed E-state index contributed by atoms with van der Waals surface area (Å²) in [5.74, 6) is 0. The fourth-order valence-electron chi connectivity index (χ4n) is 2.01. The molecule has 0 spiro atoms. The van der Waals surface area contributed by atoms with Crippen molar-refractivity contribution in [3.63, 3.8) is 0 Å². The van der Waals surface area contributed by atoms with E-state index < -0.39 is 0 Å². The second kappa shape index (κ2) is 7.46. The number of rotatable bonds is 7. The van der Waals surface area contributed by atoms with Crippen molar-refractivity contribution in [2.45, 2.75) is 45.7 Å². The van der Waals surface area contributed by atoms with E-state index in [4.69, 9.17) is 5.73 Å². The van der Waals surface area contributed by atoms with E-state index >= 15 is 0 Å². The fourth-order valence-corrected chi connectivity index (χ4v) is 2.01. The third-order valence-electron chi connectivity index (χ3n) is 3.15. The van der Waals surface area contributed by atoms with Gasteiger partial charge in [0, 0.05) is 12.6 Å². The summed E-state index contributed by atoms with van der Waals surface area (Å²) >= 11 is 0. The maximum atomic E-state index is 5.74. The zero-order valence-corrected chi connectivity index (χ0v) is 11.4. The summed E-state index contributed by atoms with van der Waals surface area (Å²) in [4.78, 5) is 2.39. The molecule has 0 amide bonds. The number of hydrogen-bond donors (Lipinski definition) is 1. The Bertz CT molecular complexity index is 320. The van der Waals surface area contributed by atoms with Crippen molar-refractivity contribution in [1.29, 1.82) is 0 Å². The molecule has 0 heterocycles. The molecule has 2 N–H and O–H groups in total. The lowest BCUT2D eigenvalue weighted by molar-refractivity contribution is 0.315. The van der Waals surface area contributed by atoms with Crippen LogP contribution in [0.3, 0.4) is 0 Å². The van der Waals surface area contributed by atoms with Crippen LogP contribution < -0.4 is 5.73 Å². The lowest BCUT2D eigenvalue weighted by Crippen LogP contribution is -2.20. The van der Waals surface area contributed by atoms with Crippen LogP contribution in [0.15, 0.2) is 24.3 Å². The molecule has 0 radical (unpaired) electrons. The molecule has 0 saturated heterocycles. The molecule has 96 valence electrons. The molecule has 0 aliphatic rings. The summed E-state index contributed by atoms with van der Waals surface area (Å²) in [6, 6.07) is 8.96. The van der Waals surface area contributed by atoms with Crippen LogP contribution in [-0.4, -0.2) is 24.5 Å². The maximum Gasteiger partial charge on any atom is 0.0233 e. The molecule has 0 aromatic heterocycles. The molecule has 2 nitrogen and oxygen atoms in total. The maximum absolute atomic E-state index is 5.74. The molecule has 0 aliphatic carbocycles. The third kappa shape index (κ3) is 5.85. The molecule has 1 aromatic carbocycles. The number of benzene rings is 1. The summed E-state index contributed by atoms with van der Waals surface area (Å²) in [6.07, 6.45) is 3.61. The molecule has 1 unspecified atom stereocenters. The third-order valence-corrected chi connectivity index (χ3v) is 3.15. The Morgan fingerprint density at radius 1 is 1.24 bits per heavy atom. The van der Waals surface area contributed by atoms with Gasteiger partial charge in [-0.05, 0) is 51.4 Å². The van der Waals surface area contributed by atoms with Crippen molar-refractivity contribution in [3.8, 4) is 0 Å². The average molecular weight is 234 g/mol. The molecule has 0 aliphatic heterocycles. The van der Waals surface area contributed by atoms with Gasteiger partial charge in [0.15, 0.2) is 0 Å². The highest BCUT2D eigenvalue weighted by molar-refractivity contribution is 5.25. The minimum Gasteiger partial charge on any atom is -0.328 e. The summed E-state index contributed by atoms with van der Waals surface area (Å²) in [5, 5.41) is 0. The van der Waals surface area contributed by atoms with Gasteiger partial charge in [0.25, 0.3) is 0 Å². The Labute approximate surface area is 106 Å². The Morgan fingerprint density at radius 3 is 2.59 bits per heavy atom. The largest absolute Gasteiger partial charge is 0.328 e. The second-order valence-electron chi connectivity index (χ2n) is 5.14. The zero-order valence-electron chi connectivity index (χ0n) is 11.4. The summed E-state index contributed by atoms with van der Waals surface area (Å²) in [5.41, 5.74) is 8.56. The molecular weight excluding hydrogens is 208 g/mol. The van der Waals surface area contributed by atoms with Crippen LogP contribution in [0.4, 0.5) is 0 Å². The van der Waals surface area contributed by atoms with Gasteiger partial charge < -0.3 is 10.6 Å². The molecule has 0 bridgehead atoms. The monoisotopic (exact) mass is 234 g/mol. The highest BCUT2D eigenvalue weighted by Gasteiger charge is 2.02. The van der Waals surface area contributed by atoms with E-state index in [0.29, 0.717) is 6.04 Å². The Balaban J connectivity index is 2.25. The lowest BCUT2D eigenvalue weighted by Gasteiger charge is -2.18. The normalized spacial score (nSPS) is 13.0. The van der Waals surface area contributed by atoms with Gasteiger partial charge in [-0.1, -0.05) is 30.7 Å². The molecule has 1 rings (SSSR count). The summed E-state index contributed by atoms with van der Waals surface area (Å²) < 4.78 is 0. The van der Waals surface area contributed by atoms with Crippen molar-refractivity contribution in [1.82, 2.24) is 4.90 Å². The van der Waals surface area contributed by atoms with E-state index in [0.717, 1.165) is 19.5 Å². The second-order valence-corrected chi connectivity index (χ2v) is 5.14. The van der Waals surface area contributed by atoms with Gasteiger partial charge in [-0.3, -0.25) is 0 Å². The minimum absolute atomic E-state index is 0.344. The topological polar surface area (TPSA) is 29.3 Å². The SMILES string of the molecule is Cc1ccccc1CN(C)CCCCC(C)N. The minimum atomic E-state index is 0.344. The fraction of sp³-hybridized carbons (Fsp3) is 0.600. The Kier molecular flexibility index (Phi) is 6.23. The first-order chi connectivity index (χ1) is 8.09. The number of aryl methyl sites for hydroxylation is 1. The van der Waals surface area contributed by atoms with Crippen LogP contribution in [0.1, 0.15) is 37.3 Å². The van der Waals surface area contributed by atoms with Crippen LogP contribution in [0.2, 0.25) is 0 Å². The Hall–Kier alpha value is -0.860. The van der Waals surface area contributed by atoms with Gasteiger partial charge in [0.2, 0.25) is 0 Å². The summed E-state index contributed by atoms with van der Waals surface area (Å²) in [6.45, 7) is 6.46. The predicted octanol–water partition coefficient (Wildman–Crippen LogP) is 2.94. The smallest absolute Gasteiger partial charge is 0.0233 e. The molecule has 0 fully saturated rings. The van der Waals surface area contributed by atoms with E-state index in [9.17, 15) is 0 Å². The van der Waals surface area contributed by atoms with Crippen molar-refractivity contribution in [3.05, 3.63) is 35.4 Å². The van der Waals surface area contributed by atoms with Gasteiger partial charge >= 0.3 is 0 Å². The van der Waals surface area contributed by atoms with Gasteiger partial charge in [-0.25, -0.2) is 0 Å². The van der Waals surface area contributed by atoms with Crippen LogP contribution in [0.5, 0.6) is 0 Å². The van der Waals surface area contributed by atoms with Crippen LogP contribution >= 0.6 is 0 Å². The molecule has 0 saturated carbocycles. The lowest BCUT2D eigenvalue weighted by atomic mass is 10.1. The standard InChI is InChI=1S/C15H26N2/c1-13-8-4-5-10-15(13)12-17(3)11-7-6-9-14(2)16/h4-5,8,10,14H,6-7,9,11-12,16H2,1-3H3. The number of unbranched alkanes of at least 4 members (excludes halogenated alkanes) is 1. The highest BCUT2D eigenvalue weighted by Crippen LogP contribution is 2.10. The van der Waals surface area contributed by atoms with E-state index in [1.807, 2.05) is 0 Å². The van der Waals surface area contributed by atoms with Crippen molar-refractivity contribution in [2.24, 2.45) is 5.73 Å². The highest BCUT2D eigenvalue weighted by atomic mass is 15.1. The summed E-state index contributed by atoms with van der Waals surface area (Å²) in [7, 11) is 2.19. The first-order valence-corrected chi connectivity index (χ1v) is 6.58. The van der Waals surface area contributed by atoms with E-state index in [-0.39, 0.29) is 0 Å². The molecule has 1 atom stereocenters. The molecule has 1 aromatic rings. The first-order valence-electron chi connectivity index (χ1n) is 6.58. The zero-order chi connectivity index (χ0) is 12.7. The predicted molar refractivity (Wildman–Crippen MR) is 75.0 cm³/mol. The number of hydrogen-bond acceptors (Lipinski definition) is 2. The van der Waals surface area contributed by atoms with Crippen molar-refractivity contribution in [2.75, 3.05) is 13.6 Å². The van der Waals surface area contributed by atoms with Crippen LogP contribution in [-0.2, 0) is 6.54 Å². The Morgan fingerprint density at radius 2 is 1.94 bits per heavy atom. The van der Waals surface area contributed by atoms with Crippen molar-refractivity contribution >= 4 is 0 Å². The molecular formula is C15H26N2. The first kappa shape index (κ1) is 14.2. The number of nitrogens with zero attached hydrogens (tertiary/aromatic N) is 1. The average Bonchev–Trinajstić information content (AvgIpc) is 2.27. The van der Waals surface area contributed by atoms with Gasteiger partial charge in [0.1, 0.15) is 0 Å². The van der Waals surface area contributed by atoms with E-state index in [1.54, 1.807) is 0 Å². The number of nitrogens with two attached hydrogens (primary N) is 1. The molecule has 2 heteroatoms. The van der Waals surface area contributed by atoms with E-state index in [2.05, 4.69) is 50.1 Å². The van der Waals surface area contributed by atoms with Crippen LogP contribution in [0, 0.1) is 6.92 Å². The molecule has 17 heavy (non-hydrogen) atoms. The quantitative estimate of drug-likeness (QED) is 0.735. The van der Waals surface area contributed by atoms with Gasteiger partial charge in [-0.2, -0.15) is 0 Å². The van der Waals surface area contributed by atoms with Crippen LogP contribution in [0.25, 0.3) is 0 Å². The van der Waals surface area contributed by atoms with E-state index in [1.165, 1.54) is 24.0 Å². The van der Waals surface area contributed by atoms with Gasteiger partial charge in [0.05, 0.1) is 0 Å². The van der Waals surface area contributed by atoms with Crippen molar-refractivity contribution < 1.29 is 0 Å². The van der Waals surface area contributed by atoms with Gasteiger partial charge in [-0.15, -0.1) is 0 Å².